The lowest BCUT2D eigenvalue weighted by molar-refractivity contribution is 0.125. The van der Waals surface area contributed by atoms with Crippen LogP contribution in [-0.4, -0.2) is 45.0 Å². The van der Waals surface area contributed by atoms with Gasteiger partial charge in [-0.3, -0.25) is 4.90 Å². The first-order valence-corrected chi connectivity index (χ1v) is 6.62. The van der Waals surface area contributed by atoms with E-state index in [0.717, 1.165) is 30.2 Å². The molecule has 1 aliphatic heterocycles. The zero-order chi connectivity index (χ0) is 13.7. The predicted molar refractivity (Wildman–Crippen MR) is 73.5 cm³/mol. The number of likely N-dealkylation sites (N-methyl/N-ethyl adjacent to an activating group) is 1. The average Bonchev–Trinajstić information content (AvgIpc) is 2.90. The molecular formula is C14H22N2O3. The lowest BCUT2D eigenvalue weighted by Crippen LogP contribution is -2.35. The van der Waals surface area contributed by atoms with E-state index >= 15 is 0 Å². The van der Waals surface area contributed by atoms with Gasteiger partial charge in [0.1, 0.15) is 0 Å². The van der Waals surface area contributed by atoms with E-state index in [1.54, 1.807) is 7.11 Å². The molecular weight excluding hydrogens is 244 g/mol. The summed E-state index contributed by atoms with van der Waals surface area (Å²) in [4.78, 5) is 2.31. The van der Waals surface area contributed by atoms with Gasteiger partial charge in [-0.1, -0.05) is 13.0 Å². The second-order valence-corrected chi connectivity index (χ2v) is 4.49. The highest BCUT2D eigenvalue weighted by atomic mass is 16.7. The number of hydrogen-bond donors (Lipinski definition) is 1. The Morgan fingerprint density at radius 1 is 1.37 bits per heavy atom. The fraction of sp³-hybridized carbons (Fsp3) is 0.571. The van der Waals surface area contributed by atoms with Gasteiger partial charge in [0.15, 0.2) is 11.5 Å². The number of nitrogens with zero attached hydrogens (tertiary/aromatic N) is 1. The molecule has 0 saturated carbocycles. The Bertz CT molecular complexity index is 412. The van der Waals surface area contributed by atoms with Gasteiger partial charge in [-0.25, -0.2) is 0 Å². The van der Waals surface area contributed by atoms with Gasteiger partial charge in [0.2, 0.25) is 6.79 Å². The standard InChI is InChI=1S/C14H22N2O3/c1-3-16(6-7-17-2)12(9-15)11-4-5-13-14(8-11)19-10-18-13/h4-5,8,12H,3,6-7,9-10,15H2,1-2H3. The molecule has 0 radical (unpaired) electrons. The Morgan fingerprint density at radius 2 is 2.16 bits per heavy atom. The molecule has 19 heavy (non-hydrogen) atoms. The number of nitrogens with two attached hydrogens (primary N) is 1. The van der Waals surface area contributed by atoms with Gasteiger partial charge in [0.05, 0.1) is 6.61 Å². The van der Waals surface area contributed by atoms with E-state index in [1.807, 2.05) is 12.1 Å². The summed E-state index contributed by atoms with van der Waals surface area (Å²) in [5.74, 6) is 1.61. The Balaban J connectivity index is 2.15. The number of rotatable bonds is 7. The summed E-state index contributed by atoms with van der Waals surface area (Å²) in [7, 11) is 1.71. The first kappa shape index (κ1) is 14.1. The average molecular weight is 266 g/mol. The Labute approximate surface area is 114 Å². The van der Waals surface area contributed by atoms with Crippen LogP contribution in [0.25, 0.3) is 0 Å². The minimum Gasteiger partial charge on any atom is -0.454 e. The minimum atomic E-state index is 0.176. The normalized spacial score (nSPS) is 14.9. The zero-order valence-electron chi connectivity index (χ0n) is 11.6. The summed E-state index contributed by atoms with van der Waals surface area (Å²) in [5, 5.41) is 0. The molecule has 1 aromatic rings. The van der Waals surface area contributed by atoms with E-state index in [-0.39, 0.29) is 6.04 Å². The maximum atomic E-state index is 5.94. The van der Waals surface area contributed by atoms with E-state index in [2.05, 4.69) is 17.9 Å². The van der Waals surface area contributed by atoms with Crippen molar-refractivity contribution in [2.75, 3.05) is 40.1 Å². The second kappa shape index (κ2) is 6.75. The first-order valence-electron chi connectivity index (χ1n) is 6.62. The summed E-state index contributed by atoms with van der Waals surface area (Å²) >= 11 is 0. The molecule has 1 atom stereocenters. The zero-order valence-corrected chi connectivity index (χ0v) is 11.6. The van der Waals surface area contributed by atoms with Gasteiger partial charge in [0.25, 0.3) is 0 Å². The van der Waals surface area contributed by atoms with Crippen LogP contribution in [0.2, 0.25) is 0 Å². The monoisotopic (exact) mass is 266 g/mol. The number of fused-ring (bicyclic) bond motifs is 1. The van der Waals surface area contributed by atoms with Crippen molar-refractivity contribution in [3.8, 4) is 11.5 Å². The third-order valence-electron chi connectivity index (χ3n) is 3.43. The summed E-state index contributed by atoms with van der Waals surface area (Å²) in [6, 6.07) is 6.20. The summed E-state index contributed by atoms with van der Waals surface area (Å²) in [6.07, 6.45) is 0. The first-order chi connectivity index (χ1) is 9.30. The molecule has 2 rings (SSSR count). The molecule has 0 aromatic heterocycles. The lowest BCUT2D eigenvalue weighted by Gasteiger charge is -2.30. The fourth-order valence-corrected chi connectivity index (χ4v) is 2.36. The van der Waals surface area contributed by atoms with Gasteiger partial charge in [-0.2, -0.15) is 0 Å². The van der Waals surface area contributed by atoms with E-state index in [4.69, 9.17) is 19.9 Å². The molecule has 5 nitrogen and oxygen atoms in total. The largest absolute Gasteiger partial charge is 0.454 e. The molecule has 0 bridgehead atoms. The molecule has 2 N–H and O–H groups in total. The van der Waals surface area contributed by atoms with Crippen LogP contribution in [-0.2, 0) is 4.74 Å². The number of methoxy groups -OCH3 is 1. The molecule has 0 spiro atoms. The van der Waals surface area contributed by atoms with Crippen LogP contribution in [0.3, 0.4) is 0 Å². The van der Waals surface area contributed by atoms with Crippen LogP contribution in [0, 0.1) is 0 Å². The Kier molecular flexibility index (Phi) is 5.01. The van der Waals surface area contributed by atoms with Crippen molar-refractivity contribution >= 4 is 0 Å². The summed E-state index contributed by atoms with van der Waals surface area (Å²) in [5.41, 5.74) is 7.10. The third kappa shape index (κ3) is 3.18. The van der Waals surface area contributed by atoms with Crippen LogP contribution >= 0.6 is 0 Å². The van der Waals surface area contributed by atoms with Crippen molar-refractivity contribution in [3.63, 3.8) is 0 Å². The molecule has 1 unspecified atom stereocenters. The van der Waals surface area contributed by atoms with Crippen LogP contribution in [0.4, 0.5) is 0 Å². The summed E-state index contributed by atoms with van der Waals surface area (Å²) in [6.45, 7) is 5.49. The van der Waals surface area contributed by atoms with E-state index < -0.39 is 0 Å². The smallest absolute Gasteiger partial charge is 0.231 e. The number of hydrogen-bond acceptors (Lipinski definition) is 5. The summed E-state index contributed by atoms with van der Waals surface area (Å²) < 4.78 is 15.9. The molecule has 1 heterocycles. The molecule has 0 aliphatic carbocycles. The minimum absolute atomic E-state index is 0.176. The Hall–Kier alpha value is -1.30. The molecule has 0 saturated heterocycles. The van der Waals surface area contributed by atoms with Crippen molar-refractivity contribution in [2.45, 2.75) is 13.0 Å². The Morgan fingerprint density at radius 3 is 2.84 bits per heavy atom. The highest BCUT2D eigenvalue weighted by Crippen LogP contribution is 2.35. The van der Waals surface area contributed by atoms with Crippen LogP contribution in [0.15, 0.2) is 18.2 Å². The molecule has 106 valence electrons. The molecule has 0 fully saturated rings. The van der Waals surface area contributed by atoms with Crippen molar-refractivity contribution < 1.29 is 14.2 Å². The quantitative estimate of drug-likeness (QED) is 0.808. The number of benzene rings is 1. The molecule has 1 aromatic carbocycles. The van der Waals surface area contributed by atoms with Crippen LogP contribution < -0.4 is 15.2 Å². The van der Waals surface area contributed by atoms with E-state index in [1.165, 1.54) is 0 Å². The molecule has 0 amide bonds. The highest BCUT2D eigenvalue weighted by Gasteiger charge is 2.21. The van der Waals surface area contributed by atoms with E-state index in [0.29, 0.717) is 19.9 Å². The van der Waals surface area contributed by atoms with Crippen molar-refractivity contribution in [3.05, 3.63) is 23.8 Å². The predicted octanol–water partition coefficient (Wildman–Crippen LogP) is 1.38. The van der Waals surface area contributed by atoms with Crippen LogP contribution in [0.5, 0.6) is 11.5 Å². The van der Waals surface area contributed by atoms with Gasteiger partial charge < -0.3 is 19.9 Å². The van der Waals surface area contributed by atoms with Crippen molar-refractivity contribution in [1.82, 2.24) is 4.90 Å². The topological polar surface area (TPSA) is 57.0 Å². The fourth-order valence-electron chi connectivity index (χ4n) is 2.36. The maximum Gasteiger partial charge on any atom is 0.231 e. The van der Waals surface area contributed by atoms with Crippen LogP contribution in [0.1, 0.15) is 18.5 Å². The van der Waals surface area contributed by atoms with Gasteiger partial charge in [-0.15, -0.1) is 0 Å². The van der Waals surface area contributed by atoms with Crippen molar-refractivity contribution in [2.24, 2.45) is 5.73 Å². The molecule has 1 aliphatic rings. The second-order valence-electron chi connectivity index (χ2n) is 4.49. The molecule has 5 heteroatoms. The van der Waals surface area contributed by atoms with Gasteiger partial charge in [0, 0.05) is 26.2 Å². The van der Waals surface area contributed by atoms with Crippen molar-refractivity contribution in [1.29, 1.82) is 0 Å². The third-order valence-corrected chi connectivity index (χ3v) is 3.43. The number of ether oxygens (including phenoxy) is 3. The van der Waals surface area contributed by atoms with E-state index in [9.17, 15) is 0 Å². The van der Waals surface area contributed by atoms with Gasteiger partial charge >= 0.3 is 0 Å². The van der Waals surface area contributed by atoms with Gasteiger partial charge in [-0.05, 0) is 24.2 Å². The SMILES string of the molecule is CCN(CCOC)C(CN)c1ccc2c(c1)OCO2. The lowest BCUT2D eigenvalue weighted by atomic mass is 10.0. The highest BCUT2D eigenvalue weighted by molar-refractivity contribution is 5.45. The maximum absolute atomic E-state index is 5.94.